The summed E-state index contributed by atoms with van der Waals surface area (Å²) in [5.74, 6) is 0.941. The first-order valence-electron chi connectivity index (χ1n) is 6.38. The van der Waals surface area contributed by atoms with E-state index in [1.807, 2.05) is 39.1 Å². The van der Waals surface area contributed by atoms with Gasteiger partial charge in [-0.05, 0) is 52.4 Å². The van der Waals surface area contributed by atoms with Gasteiger partial charge in [-0.3, -0.25) is 0 Å². The molecular formula is C14H24N2O. The van der Waals surface area contributed by atoms with Gasteiger partial charge in [0.15, 0.2) is 0 Å². The fourth-order valence-corrected chi connectivity index (χ4v) is 1.62. The summed E-state index contributed by atoms with van der Waals surface area (Å²) in [6.07, 6.45) is 2.57. The average Bonchev–Trinajstić information content (AvgIpc) is 2.30. The molecule has 0 aromatic heterocycles. The number of hydrogen-bond donors (Lipinski definition) is 2. The van der Waals surface area contributed by atoms with Crippen LogP contribution in [-0.2, 0) is 0 Å². The number of para-hydroxylation sites is 2. The van der Waals surface area contributed by atoms with Crippen LogP contribution in [0.15, 0.2) is 24.3 Å². The van der Waals surface area contributed by atoms with Crippen molar-refractivity contribution < 1.29 is 4.74 Å². The van der Waals surface area contributed by atoms with E-state index in [0.717, 1.165) is 30.9 Å². The highest BCUT2D eigenvalue weighted by Crippen LogP contribution is 2.24. The van der Waals surface area contributed by atoms with Crippen molar-refractivity contribution in [2.45, 2.75) is 32.8 Å². The molecule has 0 aliphatic rings. The zero-order valence-electron chi connectivity index (χ0n) is 11.1. The average molecular weight is 236 g/mol. The Morgan fingerprint density at radius 3 is 2.53 bits per heavy atom. The van der Waals surface area contributed by atoms with E-state index in [-0.39, 0.29) is 6.10 Å². The lowest BCUT2D eigenvalue weighted by atomic mass is 10.2. The molecule has 0 bridgehead atoms. The Labute approximate surface area is 105 Å². The molecule has 3 heteroatoms. The van der Waals surface area contributed by atoms with Gasteiger partial charge >= 0.3 is 0 Å². The minimum atomic E-state index is 0.210. The lowest BCUT2D eigenvalue weighted by Crippen LogP contribution is -2.11. The van der Waals surface area contributed by atoms with E-state index >= 15 is 0 Å². The van der Waals surface area contributed by atoms with E-state index in [2.05, 4.69) is 16.7 Å². The molecule has 3 nitrogen and oxygen atoms in total. The lowest BCUT2D eigenvalue weighted by Gasteiger charge is -2.15. The molecule has 96 valence electrons. The predicted octanol–water partition coefficient (Wildman–Crippen LogP) is 2.89. The van der Waals surface area contributed by atoms with Gasteiger partial charge in [0.25, 0.3) is 0 Å². The van der Waals surface area contributed by atoms with Crippen LogP contribution >= 0.6 is 0 Å². The molecular weight excluding hydrogens is 212 g/mol. The van der Waals surface area contributed by atoms with E-state index in [0.29, 0.717) is 0 Å². The molecule has 0 amide bonds. The summed E-state index contributed by atoms with van der Waals surface area (Å²) in [5.41, 5.74) is 1.09. The summed E-state index contributed by atoms with van der Waals surface area (Å²) in [4.78, 5) is 0. The molecule has 0 aliphatic heterocycles. The van der Waals surface area contributed by atoms with Gasteiger partial charge in [0.2, 0.25) is 0 Å². The van der Waals surface area contributed by atoms with Crippen molar-refractivity contribution in [3.63, 3.8) is 0 Å². The van der Waals surface area contributed by atoms with Crippen molar-refractivity contribution in [2.24, 2.45) is 0 Å². The highest BCUT2D eigenvalue weighted by Gasteiger charge is 2.03. The van der Waals surface area contributed by atoms with E-state index in [4.69, 9.17) is 4.74 Å². The summed E-state index contributed by atoms with van der Waals surface area (Å²) in [7, 11) is 1.99. The first-order valence-corrected chi connectivity index (χ1v) is 6.38. The Kier molecular flexibility index (Phi) is 6.48. The maximum absolute atomic E-state index is 5.75. The fraction of sp³-hybridized carbons (Fsp3) is 0.571. The van der Waals surface area contributed by atoms with Gasteiger partial charge in [0, 0.05) is 6.54 Å². The molecule has 0 saturated carbocycles. The first kappa shape index (κ1) is 13.8. The van der Waals surface area contributed by atoms with Gasteiger partial charge < -0.3 is 15.4 Å². The van der Waals surface area contributed by atoms with Crippen LogP contribution in [0.1, 0.15) is 26.7 Å². The Morgan fingerprint density at radius 2 is 1.82 bits per heavy atom. The molecule has 0 saturated heterocycles. The quantitative estimate of drug-likeness (QED) is 0.681. The highest BCUT2D eigenvalue weighted by molar-refractivity contribution is 5.56. The zero-order chi connectivity index (χ0) is 12.5. The van der Waals surface area contributed by atoms with Crippen LogP contribution in [0.25, 0.3) is 0 Å². The highest BCUT2D eigenvalue weighted by atomic mass is 16.5. The molecule has 1 aromatic carbocycles. The topological polar surface area (TPSA) is 33.3 Å². The molecule has 0 atom stereocenters. The van der Waals surface area contributed by atoms with Crippen molar-refractivity contribution >= 4 is 5.69 Å². The van der Waals surface area contributed by atoms with Crippen LogP contribution in [0.4, 0.5) is 5.69 Å². The van der Waals surface area contributed by atoms with E-state index in [1.54, 1.807) is 0 Å². The summed E-state index contributed by atoms with van der Waals surface area (Å²) >= 11 is 0. The summed E-state index contributed by atoms with van der Waals surface area (Å²) in [5, 5.41) is 6.58. The third-order valence-corrected chi connectivity index (χ3v) is 2.42. The molecule has 0 aliphatic carbocycles. The Hall–Kier alpha value is -1.22. The third-order valence-electron chi connectivity index (χ3n) is 2.42. The molecule has 0 unspecified atom stereocenters. The Morgan fingerprint density at radius 1 is 1.12 bits per heavy atom. The zero-order valence-corrected chi connectivity index (χ0v) is 11.1. The van der Waals surface area contributed by atoms with E-state index in [1.165, 1.54) is 6.42 Å². The maximum atomic E-state index is 5.75. The number of benzene rings is 1. The van der Waals surface area contributed by atoms with Crippen LogP contribution < -0.4 is 15.4 Å². The van der Waals surface area contributed by atoms with Crippen molar-refractivity contribution in [1.82, 2.24) is 5.32 Å². The largest absolute Gasteiger partial charge is 0.489 e. The molecule has 1 aromatic rings. The Balaban J connectivity index is 2.40. The van der Waals surface area contributed by atoms with Gasteiger partial charge in [0.1, 0.15) is 5.75 Å². The van der Waals surface area contributed by atoms with E-state index < -0.39 is 0 Å². The standard InChI is InChI=1S/C14H24N2O/c1-12(2)17-14-9-5-4-8-13(14)16-11-7-6-10-15-3/h4-5,8-9,12,15-16H,6-7,10-11H2,1-3H3. The van der Waals surface area contributed by atoms with E-state index in [9.17, 15) is 0 Å². The Bertz CT molecular complexity index is 313. The van der Waals surface area contributed by atoms with Gasteiger partial charge in [-0.15, -0.1) is 0 Å². The summed E-state index contributed by atoms with van der Waals surface area (Å²) in [6, 6.07) is 8.11. The van der Waals surface area contributed by atoms with Crippen LogP contribution in [0.5, 0.6) is 5.75 Å². The second-order valence-corrected chi connectivity index (χ2v) is 4.40. The van der Waals surface area contributed by atoms with Crippen molar-refractivity contribution in [2.75, 3.05) is 25.5 Å². The molecule has 0 spiro atoms. The second kappa shape index (κ2) is 7.96. The van der Waals surface area contributed by atoms with Crippen LogP contribution in [0, 0.1) is 0 Å². The fourth-order valence-electron chi connectivity index (χ4n) is 1.62. The monoisotopic (exact) mass is 236 g/mol. The number of nitrogens with one attached hydrogen (secondary N) is 2. The van der Waals surface area contributed by atoms with Gasteiger partial charge in [0.05, 0.1) is 11.8 Å². The summed E-state index contributed by atoms with van der Waals surface area (Å²) < 4.78 is 5.75. The number of ether oxygens (including phenoxy) is 1. The van der Waals surface area contributed by atoms with Crippen molar-refractivity contribution in [3.05, 3.63) is 24.3 Å². The number of rotatable bonds is 8. The normalized spacial score (nSPS) is 10.6. The van der Waals surface area contributed by atoms with Gasteiger partial charge in [-0.1, -0.05) is 12.1 Å². The SMILES string of the molecule is CNCCCCNc1ccccc1OC(C)C. The van der Waals surface area contributed by atoms with Crippen molar-refractivity contribution in [1.29, 1.82) is 0 Å². The number of hydrogen-bond acceptors (Lipinski definition) is 3. The number of unbranched alkanes of at least 4 members (excludes halogenated alkanes) is 1. The minimum absolute atomic E-state index is 0.210. The second-order valence-electron chi connectivity index (χ2n) is 4.40. The summed E-state index contributed by atoms with van der Waals surface area (Å²) in [6.45, 7) is 6.15. The van der Waals surface area contributed by atoms with Gasteiger partial charge in [-0.25, -0.2) is 0 Å². The van der Waals surface area contributed by atoms with Crippen LogP contribution in [0.2, 0.25) is 0 Å². The van der Waals surface area contributed by atoms with Crippen molar-refractivity contribution in [3.8, 4) is 5.75 Å². The number of anilines is 1. The van der Waals surface area contributed by atoms with Crippen LogP contribution in [-0.4, -0.2) is 26.2 Å². The molecule has 2 N–H and O–H groups in total. The molecule has 0 heterocycles. The first-order chi connectivity index (χ1) is 8.24. The molecule has 0 radical (unpaired) electrons. The van der Waals surface area contributed by atoms with Crippen LogP contribution in [0.3, 0.4) is 0 Å². The minimum Gasteiger partial charge on any atom is -0.489 e. The predicted molar refractivity (Wildman–Crippen MR) is 73.9 cm³/mol. The molecule has 1 rings (SSSR count). The molecule has 0 fully saturated rings. The maximum Gasteiger partial charge on any atom is 0.142 e. The smallest absolute Gasteiger partial charge is 0.142 e. The van der Waals surface area contributed by atoms with Gasteiger partial charge in [-0.2, -0.15) is 0 Å². The third kappa shape index (κ3) is 5.59. The molecule has 17 heavy (non-hydrogen) atoms. The lowest BCUT2D eigenvalue weighted by molar-refractivity contribution is 0.243.